The summed E-state index contributed by atoms with van der Waals surface area (Å²) in [6, 6.07) is 16.4. The molecule has 0 saturated heterocycles. The Morgan fingerprint density at radius 1 is 0.818 bits per heavy atom. The van der Waals surface area contributed by atoms with Gasteiger partial charge >= 0.3 is 0 Å². The predicted octanol–water partition coefficient (Wildman–Crippen LogP) is 3.25. The number of hydrogen-bond acceptors (Lipinski definition) is 5. The van der Waals surface area contributed by atoms with Gasteiger partial charge < -0.3 is 4.90 Å². The van der Waals surface area contributed by atoms with E-state index >= 15 is 0 Å². The van der Waals surface area contributed by atoms with Crippen LogP contribution in [0.25, 0.3) is 0 Å². The van der Waals surface area contributed by atoms with Crippen molar-refractivity contribution in [3.8, 4) is 0 Å². The Balaban J connectivity index is 2.07. The van der Waals surface area contributed by atoms with Crippen LogP contribution in [0.1, 0.15) is 16.7 Å². The molecule has 0 amide bonds. The van der Waals surface area contributed by atoms with E-state index in [0.717, 1.165) is 6.26 Å². The van der Waals surface area contributed by atoms with Gasteiger partial charge in [-0.2, -0.15) is 0 Å². The van der Waals surface area contributed by atoms with Crippen LogP contribution in [0, 0.1) is 11.6 Å². The van der Waals surface area contributed by atoms with Gasteiger partial charge in [0.05, 0.1) is 10.6 Å². The van der Waals surface area contributed by atoms with Crippen molar-refractivity contribution in [2.75, 3.05) is 23.5 Å². The molecule has 0 saturated carbocycles. The molecule has 0 aliphatic carbocycles. The van der Waals surface area contributed by atoms with Crippen molar-refractivity contribution in [1.29, 1.82) is 0 Å². The predicted molar refractivity (Wildman–Crippen MR) is 124 cm³/mol. The molecule has 0 bridgehead atoms. The minimum Gasteiger partial charge on any atom is -0.366 e. The van der Waals surface area contributed by atoms with Crippen LogP contribution in [0.15, 0.2) is 71.6 Å². The zero-order valence-corrected chi connectivity index (χ0v) is 19.5. The largest absolute Gasteiger partial charge is 0.366 e. The highest BCUT2D eigenvalue weighted by Gasteiger charge is 2.19. The highest BCUT2D eigenvalue weighted by molar-refractivity contribution is 7.90. The Bertz CT molecular complexity index is 1360. The minimum atomic E-state index is -4.11. The zero-order chi connectivity index (χ0) is 24.2. The first kappa shape index (κ1) is 24.8. The van der Waals surface area contributed by atoms with Crippen molar-refractivity contribution >= 4 is 25.5 Å². The molecule has 3 aromatic carbocycles. The molecule has 0 aliphatic heterocycles. The first-order chi connectivity index (χ1) is 15.4. The van der Waals surface area contributed by atoms with E-state index in [2.05, 4.69) is 0 Å². The molecule has 6 nitrogen and oxygen atoms in total. The molecule has 3 rings (SSSR count). The Kier molecular flexibility index (Phi) is 7.51. The van der Waals surface area contributed by atoms with E-state index in [0.29, 0.717) is 11.3 Å². The number of sulfonamides is 1. The molecule has 0 aromatic heterocycles. The molecule has 0 unspecified atom stereocenters. The fraction of sp³-hybridized carbons (Fsp3) is 0.217. The van der Waals surface area contributed by atoms with Crippen LogP contribution in [-0.4, -0.2) is 35.4 Å². The van der Waals surface area contributed by atoms with Gasteiger partial charge in [0.2, 0.25) is 10.0 Å². The van der Waals surface area contributed by atoms with Gasteiger partial charge in [-0.25, -0.2) is 30.8 Å². The van der Waals surface area contributed by atoms with Gasteiger partial charge in [-0.05, 0) is 41.5 Å². The van der Waals surface area contributed by atoms with Crippen molar-refractivity contribution in [1.82, 2.24) is 0 Å². The van der Waals surface area contributed by atoms with Crippen LogP contribution >= 0.6 is 0 Å². The molecule has 0 radical (unpaired) electrons. The number of nitrogens with two attached hydrogens (primary N) is 1. The maximum atomic E-state index is 14.3. The molecular weight excluding hydrogens is 470 g/mol. The summed E-state index contributed by atoms with van der Waals surface area (Å²) in [4.78, 5) is 1.47. The zero-order valence-electron chi connectivity index (χ0n) is 17.9. The van der Waals surface area contributed by atoms with Crippen LogP contribution in [-0.2, 0) is 32.8 Å². The maximum absolute atomic E-state index is 14.3. The van der Waals surface area contributed by atoms with E-state index < -0.39 is 31.5 Å². The first-order valence-electron chi connectivity index (χ1n) is 9.99. The normalized spacial score (nSPS) is 12.0. The van der Waals surface area contributed by atoms with Crippen molar-refractivity contribution in [3.05, 3.63) is 95.1 Å². The Labute approximate surface area is 192 Å². The molecule has 10 heteroatoms. The molecule has 33 heavy (non-hydrogen) atoms. The molecule has 0 heterocycles. The molecule has 0 aliphatic rings. The lowest BCUT2D eigenvalue weighted by atomic mass is 10.0. The fourth-order valence-corrected chi connectivity index (χ4v) is 4.74. The SMILES string of the molecule is CS(=O)(=O)CCN(Cc1ccccc1F)c1ccc(S(N)(=O)=O)c(Cc2ccccc2F)c1. The summed E-state index contributed by atoms with van der Waals surface area (Å²) in [5.41, 5.74) is 1.33. The summed E-state index contributed by atoms with van der Waals surface area (Å²) in [6.45, 7) is 0.0943. The third-order valence-corrected chi connectivity index (χ3v) is 7.04. The molecule has 2 N–H and O–H groups in total. The third-order valence-electron chi connectivity index (χ3n) is 5.11. The third kappa shape index (κ3) is 6.83. The molecule has 0 atom stereocenters. The lowest BCUT2D eigenvalue weighted by Gasteiger charge is -2.26. The van der Waals surface area contributed by atoms with E-state index in [1.165, 1.54) is 42.5 Å². The average molecular weight is 495 g/mol. The quantitative estimate of drug-likeness (QED) is 0.493. The van der Waals surface area contributed by atoms with E-state index in [9.17, 15) is 25.6 Å². The van der Waals surface area contributed by atoms with Gasteiger partial charge in [-0.3, -0.25) is 0 Å². The van der Waals surface area contributed by atoms with Crippen LogP contribution in [0.4, 0.5) is 14.5 Å². The molecule has 176 valence electrons. The number of primary sulfonamides is 1. The van der Waals surface area contributed by atoms with E-state index in [1.807, 2.05) is 0 Å². The van der Waals surface area contributed by atoms with Gasteiger partial charge in [-0.1, -0.05) is 36.4 Å². The van der Waals surface area contributed by atoms with Crippen LogP contribution in [0.5, 0.6) is 0 Å². The summed E-state index contributed by atoms with van der Waals surface area (Å²) in [6.07, 6.45) is 1.05. The van der Waals surface area contributed by atoms with Crippen LogP contribution in [0.2, 0.25) is 0 Å². The van der Waals surface area contributed by atoms with Crippen molar-refractivity contribution in [3.63, 3.8) is 0 Å². The second-order valence-electron chi connectivity index (χ2n) is 7.75. The number of benzene rings is 3. The molecule has 0 spiro atoms. The topological polar surface area (TPSA) is 97.5 Å². The lowest BCUT2D eigenvalue weighted by molar-refractivity contribution is 0.595. The Morgan fingerprint density at radius 3 is 1.94 bits per heavy atom. The fourth-order valence-electron chi connectivity index (χ4n) is 3.43. The van der Waals surface area contributed by atoms with Crippen LogP contribution < -0.4 is 10.0 Å². The number of sulfone groups is 1. The summed E-state index contributed by atoms with van der Waals surface area (Å²) in [5.74, 6) is -1.14. The monoisotopic (exact) mass is 494 g/mol. The summed E-state index contributed by atoms with van der Waals surface area (Å²) < 4.78 is 76.4. The summed E-state index contributed by atoms with van der Waals surface area (Å²) in [7, 11) is -7.43. The second-order valence-corrected chi connectivity index (χ2v) is 11.5. The van der Waals surface area contributed by atoms with E-state index in [-0.39, 0.29) is 41.3 Å². The standard InChI is InChI=1S/C23H24F2N2O4S2/c1-32(28,29)13-12-27(16-18-7-3-5-9-22(18)25)20-10-11-23(33(26,30)31)19(15-20)14-17-6-2-4-8-21(17)24/h2-11,15H,12-14,16H2,1H3,(H2,26,30,31). The van der Waals surface area contributed by atoms with E-state index in [4.69, 9.17) is 5.14 Å². The highest BCUT2D eigenvalue weighted by atomic mass is 32.2. The molecule has 0 fully saturated rings. The highest BCUT2D eigenvalue weighted by Crippen LogP contribution is 2.27. The summed E-state index contributed by atoms with van der Waals surface area (Å²) >= 11 is 0. The van der Waals surface area contributed by atoms with Gasteiger partial charge in [0.1, 0.15) is 21.5 Å². The van der Waals surface area contributed by atoms with E-state index in [1.54, 1.807) is 29.2 Å². The van der Waals surface area contributed by atoms with Crippen molar-refractivity contribution < 1.29 is 25.6 Å². The van der Waals surface area contributed by atoms with Crippen molar-refractivity contribution in [2.45, 2.75) is 17.9 Å². The minimum absolute atomic E-state index is 0.0427. The number of halogens is 2. The second kappa shape index (κ2) is 9.98. The van der Waals surface area contributed by atoms with Gasteiger partial charge in [0, 0.05) is 37.0 Å². The number of anilines is 1. The number of rotatable bonds is 9. The Morgan fingerprint density at radius 2 is 1.39 bits per heavy atom. The number of nitrogens with zero attached hydrogens (tertiary/aromatic N) is 1. The van der Waals surface area contributed by atoms with Gasteiger partial charge in [0.25, 0.3) is 0 Å². The molecular formula is C23H24F2N2O4S2. The van der Waals surface area contributed by atoms with Gasteiger partial charge in [-0.15, -0.1) is 0 Å². The lowest BCUT2D eigenvalue weighted by Crippen LogP contribution is -2.29. The van der Waals surface area contributed by atoms with Crippen molar-refractivity contribution in [2.24, 2.45) is 5.14 Å². The average Bonchev–Trinajstić information content (AvgIpc) is 2.72. The Hall–Kier alpha value is -2.82. The number of hydrogen-bond donors (Lipinski definition) is 1. The van der Waals surface area contributed by atoms with Crippen LogP contribution in [0.3, 0.4) is 0 Å². The van der Waals surface area contributed by atoms with Gasteiger partial charge in [0.15, 0.2) is 0 Å². The smallest absolute Gasteiger partial charge is 0.238 e. The molecule has 3 aromatic rings. The first-order valence-corrected chi connectivity index (χ1v) is 13.6. The summed E-state index contributed by atoms with van der Waals surface area (Å²) in [5, 5.41) is 5.37. The maximum Gasteiger partial charge on any atom is 0.238 e.